The highest BCUT2D eigenvalue weighted by atomic mass is 15.0. The lowest BCUT2D eigenvalue weighted by atomic mass is 9.43. The number of aromatic nitrogens is 3. The molecule has 8 aromatic rings. The second kappa shape index (κ2) is 11.5. The standard InChI is InChI=1S/C51H39N3/c1-2-12-36(13-3-1)48-52-49(37-22-20-35(21-23-37)41-17-8-14-33-10-4-6-15-40(33)41)54-50(53-48)43-18-9-19-44-47(43)46-42-16-7-5-11-34(42)24-25-45(46)51(44)38-27-31-26-32(29-38)30-39(51)28-31/h1-25,31-32,38-39H,26-30H2. The molecule has 7 aromatic carbocycles. The summed E-state index contributed by atoms with van der Waals surface area (Å²) < 4.78 is 0. The van der Waals surface area contributed by atoms with E-state index in [-0.39, 0.29) is 5.41 Å². The third-order valence-electron chi connectivity index (χ3n) is 13.7. The minimum atomic E-state index is 0.0493. The molecule has 0 radical (unpaired) electrons. The van der Waals surface area contributed by atoms with Crippen LogP contribution in [0.25, 0.3) is 78.0 Å². The summed E-state index contributed by atoms with van der Waals surface area (Å²) in [7, 11) is 0. The monoisotopic (exact) mass is 693 g/mol. The highest BCUT2D eigenvalue weighted by molar-refractivity contribution is 6.06. The maximum absolute atomic E-state index is 5.38. The first kappa shape index (κ1) is 30.5. The van der Waals surface area contributed by atoms with Crippen molar-refractivity contribution in [3.8, 4) is 56.4 Å². The molecule has 3 nitrogen and oxygen atoms in total. The van der Waals surface area contributed by atoms with Crippen LogP contribution in [0.15, 0.2) is 152 Å². The molecule has 0 atom stereocenters. The molecule has 0 N–H and O–H groups in total. The Kier molecular flexibility index (Phi) is 6.52. The Balaban J connectivity index is 1.07. The van der Waals surface area contributed by atoms with Crippen LogP contribution in [0, 0.1) is 23.7 Å². The maximum Gasteiger partial charge on any atom is 0.164 e. The van der Waals surface area contributed by atoms with Crippen LogP contribution in [0.5, 0.6) is 0 Å². The van der Waals surface area contributed by atoms with Gasteiger partial charge in [-0.05, 0) is 111 Å². The van der Waals surface area contributed by atoms with Crippen molar-refractivity contribution < 1.29 is 0 Å². The lowest BCUT2D eigenvalue weighted by molar-refractivity contribution is -0.0399. The van der Waals surface area contributed by atoms with E-state index in [4.69, 9.17) is 15.0 Å². The lowest BCUT2D eigenvalue weighted by Gasteiger charge is -2.61. The van der Waals surface area contributed by atoms with Gasteiger partial charge >= 0.3 is 0 Å². The summed E-state index contributed by atoms with van der Waals surface area (Å²) in [4.78, 5) is 15.9. The van der Waals surface area contributed by atoms with E-state index in [0.717, 1.165) is 34.4 Å². The number of fused-ring (bicyclic) bond motifs is 6. The molecule has 5 aliphatic carbocycles. The zero-order chi connectivity index (χ0) is 35.4. The number of benzene rings is 7. The number of nitrogens with zero attached hydrogens (tertiary/aromatic N) is 3. The molecule has 0 aliphatic heterocycles. The summed E-state index contributed by atoms with van der Waals surface area (Å²) in [5.41, 5.74) is 11.4. The van der Waals surface area contributed by atoms with Crippen molar-refractivity contribution in [2.75, 3.05) is 0 Å². The van der Waals surface area contributed by atoms with Gasteiger partial charge in [0, 0.05) is 22.1 Å². The van der Waals surface area contributed by atoms with E-state index in [9.17, 15) is 0 Å². The van der Waals surface area contributed by atoms with Gasteiger partial charge in [-0.2, -0.15) is 0 Å². The summed E-state index contributed by atoms with van der Waals surface area (Å²) >= 11 is 0. The first-order chi connectivity index (χ1) is 26.7. The van der Waals surface area contributed by atoms with E-state index in [1.165, 1.54) is 81.5 Å². The molecular weight excluding hydrogens is 655 g/mol. The smallest absolute Gasteiger partial charge is 0.164 e. The second-order valence-corrected chi connectivity index (χ2v) is 16.4. The summed E-state index contributed by atoms with van der Waals surface area (Å²) in [6.45, 7) is 0. The summed E-state index contributed by atoms with van der Waals surface area (Å²) in [6.07, 6.45) is 6.86. The minimum Gasteiger partial charge on any atom is -0.208 e. The van der Waals surface area contributed by atoms with Gasteiger partial charge in [0.1, 0.15) is 0 Å². The molecule has 0 amide bonds. The van der Waals surface area contributed by atoms with Gasteiger partial charge in [0.2, 0.25) is 0 Å². The number of hydrogen-bond donors (Lipinski definition) is 0. The maximum atomic E-state index is 5.38. The third kappa shape index (κ3) is 4.33. The van der Waals surface area contributed by atoms with Crippen molar-refractivity contribution in [2.24, 2.45) is 23.7 Å². The fourth-order valence-corrected chi connectivity index (χ4v) is 11.8. The van der Waals surface area contributed by atoms with Crippen LogP contribution in [0.3, 0.4) is 0 Å². The van der Waals surface area contributed by atoms with Crippen LogP contribution in [-0.2, 0) is 5.41 Å². The topological polar surface area (TPSA) is 38.7 Å². The van der Waals surface area contributed by atoms with Crippen molar-refractivity contribution in [3.05, 3.63) is 163 Å². The van der Waals surface area contributed by atoms with Gasteiger partial charge in [0.25, 0.3) is 0 Å². The average molecular weight is 694 g/mol. The van der Waals surface area contributed by atoms with Crippen LogP contribution < -0.4 is 0 Å². The molecule has 54 heavy (non-hydrogen) atoms. The van der Waals surface area contributed by atoms with Crippen molar-refractivity contribution in [1.82, 2.24) is 15.0 Å². The summed E-state index contributed by atoms with van der Waals surface area (Å²) in [5.74, 6) is 5.28. The molecule has 0 unspecified atom stereocenters. The van der Waals surface area contributed by atoms with Gasteiger partial charge in [-0.1, -0.05) is 152 Å². The first-order valence-corrected chi connectivity index (χ1v) is 19.8. The van der Waals surface area contributed by atoms with Crippen LogP contribution in [0.1, 0.15) is 43.2 Å². The molecule has 0 saturated heterocycles. The van der Waals surface area contributed by atoms with Crippen molar-refractivity contribution in [3.63, 3.8) is 0 Å². The summed E-state index contributed by atoms with van der Waals surface area (Å²) in [5, 5.41) is 5.14. The first-order valence-electron chi connectivity index (χ1n) is 19.8. The molecule has 1 heterocycles. The summed E-state index contributed by atoms with van der Waals surface area (Å²) in [6, 6.07) is 55.2. The van der Waals surface area contributed by atoms with Crippen molar-refractivity contribution >= 4 is 21.5 Å². The Labute approximate surface area is 315 Å². The van der Waals surface area contributed by atoms with Gasteiger partial charge in [0.05, 0.1) is 0 Å². The molecular formula is C51H39N3. The van der Waals surface area contributed by atoms with E-state index in [1.54, 1.807) is 5.56 Å². The molecule has 1 spiro atoms. The Bertz CT molecular complexity index is 2750. The highest BCUT2D eigenvalue weighted by Crippen LogP contribution is 2.70. The van der Waals surface area contributed by atoms with E-state index < -0.39 is 0 Å². The largest absolute Gasteiger partial charge is 0.208 e. The Morgan fingerprint density at radius 2 is 0.907 bits per heavy atom. The highest BCUT2D eigenvalue weighted by Gasteiger charge is 2.62. The number of rotatable bonds is 4. The van der Waals surface area contributed by atoms with Gasteiger partial charge in [-0.15, -0.1) is 0 Å². The fourth-order valence-electron chi connectivity index (χ4n) is 11.8. The van der Waals surface area contributed by atoms with E-state index in [2.05, 4.69) is 152 Å². The van der Waals surface area contributed by atoms with Gasteiger partial charge < -0.3 is 0 Å². The molecule has 1 aromatic heterocycles. The van der Waals surface area contributed by atoms with E-state index >= 15 is 0 Å². The van der Waals surface area contributed by atoms with Gasteiger partial charge in [0.15, 0.2) is 17.5 Å². The lowest BCUT2D eigenvalue weighted by Crippen LogP contribution is -2.55. The second-order valence-electron chi connectivity index (χ2n) is 16.4. The minimum absolute atomic E-state index is 0.0493. The third-order valence-corrected chi connectivity index (χ3v) is 13.7. The Morgan fingerprint density at radius 1 is 0.370 bits per heavy atom. The molecule has 4 fully saturated rings. The zero-order valence-corrected chi connectivity index (χ0v) is 30.1. The predicted molar refractivity (Wildman–Crippen MR) is 220 cm³/mol. The van der Waals surface area contributed by atoms with Crippen LogP contribution >= 0.6 is 0 Å². The average Bonchev–Trinajstić information content (AvgIpc) is 3.54. The van der Waals surface area contributed by atoms with Crippen LogP contribution in [-0.4, -0.2) is 15.0 Å². The SMILES string of the molecule is c1ccc(-c2nc(-c3ccc(-c4cccc5ccccc45)cc3)nc(-c3cccc4c3-c3c(ccc5ccccc35)C43C4CC5CC(C4)CC3C5)n2)cc1. The predicted octanol–water partition coefficient (Wildman–Crippen LogP) is 12.6. The molecule has 13 rings (SSSR count). The Hall–Kier alpha value is -5.93. The molecule has 258 valence electrons. The van der Waals surface area contributed by atoms with E-state index in [0.29, 0.717) is 23.5 Å². The molecule has 3 heteroatoms. The van der Waals surface area contributed by atoms with E-state index in [1.807, 2.05) is 0 Å². The molecule has 5 aliphatic rings. The van der Waals surface area contributed by atoms with Crippen molar-refractivity contribution in [2.45, 2.75) is 37.5 Å². The molecule has 4 bridgehead atoms. The van der Waals surface area contributed by atoms with Crippen molar-refractivity contribution in [1.29, 1.82) is 0 Å². The Morgan fingerprint density at radius 3 is 1.65 bits per heavy atom. The normalized spacial score (nSPS) is 23.3. The molecule has 4 saturated carbocycles. The van der Waals surface area contributed by atoms with Crippen LogP contribution in [0.4, 0.5) is 0 Å². The van der Waals surface area contributed by atoms with Crippen LogP contribution in [0.2, 0.25) is 0 Å². The fraction of sp³-hybridized carbons (Fsp3) is 0.196. The van der Waals surface area contributed by atoms with Gasteiger partial charge in [-0.25, -0.2) is 15.0 Å². The zero-order valence-electron chi connectivity index (χ0n) is 30.1. The van der Waals surface area contributed by atoms with Gasteiger partial charge in [-0.3, -0.25) is 0 Å². The number of hydrogen-bond acceptors (Lipinski definition) is 3. The quantitative estimate of drug-likeness (QED) is 0.184.